The standard InChI is InChI=1S/C10H7ClF2O2/c11-8-3-4-9(15-10(12)13)7(6-8)2-1-5-14/h1-6,10H. The van der Waals surface area contributed by atoms with Crippen LogP contribution in [0.3, 0.4) is 0 Å². The number of allylic oxidation sites excluding steroid dienone is 1. The average molecular weight is 233 g/mol. The third-order valence-corrected chi connectivity index (χ3v) is 1.78. The zero-order valence-electron chi connectivity index (χ0n) is 7.49. The number of ether oxygens (including phenoxy) is 1. The molecule has 0 spiro atoms. The van der Waals surface area contributed by atoms with E-state index in [4.69, 9.17) is 11.6 Å². The number of hydrogen-bond acceptors (Lipinski definition) is 2. The zero-order valence-corrected chi connectivity index (χ0v) is 8.25. The van der Waals surface area contributed by atoms with Crippen LogP contribution in [0, 0.1) is 0 Å². The molecular formula is C10H7ClF2O2. The third kappa shape index (κ3) is 3.67. The second-order valence-corrected chi connectivity index (χ2v) is 2.99. The maximum absolute atomic E-state index is 12.0. The minimum atomic E-state index is -2.91. The van der Waals surface area contributed by atoms with E-state index in [-0.39, 0.29) is 5.75 Å². The molecule has 0 unspecified atom stereocenters. The van der Waals surface area contributed by atoms with Gasteiger partial charge < -0.3 is 4.74 Å². The molecule has 0 amide bonds. The van der Waals surface area contributed by atoms with E-state index in [0.29, 0.717) is 16.9 Å². The Morgan fingerprint density at radius 1 is 1.40 bits per heavy atom. The molecule has 2 nitrogen and oxygen atoms in total. The molecule has 0 radical (unpaired) electrons. The van der Waals surface area contributed by atoms with E-state index in [1.807, 2.05) is 0 Å². The Morgan fingerprint density at radius 2 is 2.13 bits per heavy atom. The van der Waals surface area contributed by atoms with E-state index in [9.17, 15) is 13.6 Å². The molecule has 0 aliphatic heterocycles. The van der Waals surface area contributed by atoms with Crippen molar-refractivity contribution in [2.24, 2.45) is 0 Å². The summed E-state index contributed by atoms with van der Waals surface area (Å²) in [7, 11) is 0. The quantitative estimate of drug-likeness (QED) is 0.589. The number of carbonyl (C=O) groups is 1. The van der Waals surface area contributed by atoms with E-state index in [1.54, 1.807) is 0 Å². The van der Waals surface area contributed by atoms with Crippen LogP contribution < -0.4 is 4.74 Å². The molecule has 0 saturated carbocycles. The third-order valence-electron chi connectivity index (χ3n) is 1.54. The van der Waals surface area contributed by atoms with Gasteiger partial charge in [-0.15, -0.1) is 0 Å². The fraction of sp³-hybridized carbons (Fsp3) is 0.100. The number of hydrogen-bond donors (Lipinski definition) is 0. The normalized spacial score (nSPS) is 10.9. The van der Waals surface area contributed by atoms with Gasteiger partial charge >= 0.3 is 6.61 Å². The second-order valence-electron chi connectivity index (χ2n) is 2.56. The number of aldehydes is 1. The summed E-state index contributed by atoms with van der Waals surface area (Å²) in [5, 5.41) is 0.377. The topological polar surface area (TPSA) is 26.3 Å². The van der Waals surface area contributed by atoms with Gasteiger partial charge in [0, 0.05) is 10.6 Å². The molecule has 1 aromatic carbocycles. The number of carbonyl (C=O) groups excluding carboxylic acids is 1. The molecule has 1 aromatic rings. The van der Waals surface area contributed by atoms with Gasteiger partial charge in [-0.2, -0.15) is 8.78 Å². The Hall–Kier alpha value is -1.42. The maximum Gasteiger partial charge on any atom is 0.387 e. The Balaban J connectivity index is 3.02. The molecule has 0 N–H and O–H groups in total. The van der Waals surface area contributed by atoms with Crippen LogP contribution in [0.1, 0.15) is 5.56 Å². The van der Waals surface area contributed by atoms with Crippen molar-refractivity contribution >= 4 is 24.0 Å². The van der Waals surface area contributed by atoms with Gasteiger partial charge in [0.15, 0.2) is 0 Å². The molecule has 0 aliphatic rings. The fourth-order valence-corrected chi connectivity index (χ4v) is 1.18. The summed E-state index contributed by atoms with van der Waals surface area (Å²) < 4.78 is 28.2. The minimum absolute atomic E-state index is 0.0208. The van der Waals surface area contributed by atoms with Crippen molar-refractivity contribution < 1.29 is 18.3 Å². The molecule has 0 aromatic heterocycles. The predicted molar refractivity (Wildman–Crippen MR) is 53.2 cm³/mol. The first-order valence-corrected chi connectivity index (χ1v) is 4.37. The first-order chi connectivity index (χ1) is 7.13. The van der Waals surface area contributed by atoms with Crippen molar-refractivity contribution in [1.82, 2.24) is 0 Å². The van der Waals surface area contributed by atoms with Gasteiger partial charge in [-0.1, -0.05) is 11.6 Å². The van der Waals surface area contributed by atoms with E-state index < -0.39 is 6.61 Å². The molecule has 0 saturated heterocycles. The van der Waals surface area contributed by atoms with E-state index in [2.05, 4.69) is 4.74 Å². The van der Waals surface area contributed by atoms with Crippen molar-refractivity contribution in [1.29, 1.82) is 0 Å². The first-order valence-electron chi connectivity index (χ1n) is 3.99. The lowest BCUT2D eigenvalue weighted by Gasteiger charge is -2.07. The Bertz CT molecular complexity index is 378. The summed E-state index contributed by atoms with van der Waals surface area (Å²) in [6.45, 7) is -2.91. The van der Waals surface area contributed by atoms with E-state index >= 15 is 0 Å². The van der Waals surface area contributed by atoms with Crippen LogP contribution in [0.4, 0.5) is 8.78 Å². The van der Waals surface area contributed by atoms with Gasteiger partial charge in [-0.05, 0) is 30.4 Å². The fourth-order valence-electron chi connectivity index (χ4n) is 0.996. The smallest absolute Gasteiger partial charge is 0.387 e. The summed E-state index contributed by atoms with van der Waals surface area (Å²) in [5.41, 5.74) is 0.329. The molecule has 0 aliphatic carbocycles. The summed E-state index contributed by atoms with van der Waals surface area (Å²) >= 11 is 5.67. The molecular weight excluding hydrogens is 226 g/mol. The summed E-state index contributed by atoms with van der Waals surface area (Å²) in [5.74, 6) is -0.0208. The Labute approximate surface area is 90.1 Å². The lowest BCUT2D eigenvalue weighted by Crippen LogP contribution is -2.03. The van der Waals surface area contributed by atoms with Crippen molar-refractivity contribution in [3.8, 4) is 5.75 Å². The van der Waals surface area contributed by atoms with Crippen molar-refractivity contribution in [2.45, 2.75) is 6.61 Å². The van der Waals surface area contributed by atoms with Gasteiger partial charge in [0.1, 0.15) is 12.0 Å². The number of alkyl halides is 2. The van der Waals surface area contributed by atoms with Crippen LogP contribution in [0.2, 0.25) is 5.02 Å². The molecule has 0 bridgehead atoms. The molecule has 0 atom stereocenters. The Morgan fingerprint density at radius 3 is 2.73 bits per heavy atom. The van der Waals surface area contributed by atoms with E-state index in [1.165, 1.54) is 30.4 Å². The number of benzene rings is 1. The van der Waals surface area contributed by atoms with Crippen LogP contribution >= 0.6 is 11.6 Å². The van der Waals surface area contributed by atoms with Crippen LogP contribution in [0.5, 0.6) is 5.75 Å². The highest BCUT2D eigenvalue weighted by atomic mass is 35.5. The number of rotatable bonds is 4. The minimum Gasteiger partial charge on any atom is -0.434 e. The first kappa shape index (κ1) is 11.7. The van der Waals surface area contributed by atoms with Crippen LogP contribution in [-0.2, 0) is 4.79 Å². The summed E-state index contributed by atoms with van der Waals surface area (Å²) in [4.78, 5) is 10.1. The maximum atomic E-state index is 12.0. The van der Waals surface area contributed by atoms with Crippen LogP contribution in [0.15, 0.2) is 24.3 Å². The van der Waals surface area contributed by atoms with E-state index in [0.717, 1.165) is 0 Å². The molecule has 0 fully saturated rings. The van der Waals surface area contributed by atoms with Crippen LogP contribution in [-0.4, -0.2) is 12.9 Å². The van der Waals surface area contributed by atoms with Gasteiger partial charge in [-0.25, -0.2) is 0 Å². The predicted octanol–water partition coefficient (Wildman–Crippen LogP) is 3.15. The number of halogens is 3. The largest absolute Gasteiger partial charge is 0.434 e. The average Bonchev–Trinajstić information content (AvgIpc) is 2.18. The summed E-state index contributed by atoms with van der Waals surface area (Å²) in [6, 6.07) is 4.18. The highest BCUT2D eigenvalue weighted by molar-refractivity contribution is 6.30. The SMILES string of the molecule is O=CC=Cc1cc(Cl)ccc1OC(F)F. The van der Waals surface area contributed by atoms with Crippen molar-refractivity contribution in [2.75, 3.05) is 0 Å². The highest BCUT2D eigenvalue weighted by Crippen LogP contribution is 2.25. The molecule has 5 heteroatoms. The Kier molecular flexibility index (Phi) is 4.24. The van der Waals surface area contributed by atoms with Gasteiger partial charge in [0.25, 0.3) is 0 Å². The monoisotopic (exact) mass is 232 g/mol. The van der Waals surface area contributed by atoms with Gasteiger partial charge in [0.2, 0.25) is 0 Å². The molecule has 1 rings (SSSR count). The zero-order chi connectivity index (χ0) is 11.3. The second kappa shape index (κ2) is 5.46. The molecule has 80 valence electrons. The van der Waals surface area contributed by atoms with Crippen LogP contribution in [0.25, 0.3) is 6.08 Å². The highest BCUT2D eigenvalue weighted by Gasteiger charge is 2.08. The lowest BCUT2D eigenvalue weighted by molar-refractivity contribution is -0.104. The van der Waals surface area contributed by atoms with Crippen molar-refractivity contribution in [3.63, 3.8) is 0 Å². The molecule has 0 heterocycles. The summed E-state index contributed by atoms with van der Waals surface area (Å²) in [6.07, 6.45) is 3.05. The molecule has 15 heavy (non-hydrogen) atoms. The van der Waals surface area contributed by atoms with Crippen molar-refractivity contribution in [3.05, 3.63) is 34.9 Å². The van der Waals surface area contributed by atoms with Gasteiger partial charge in [0.05, 0.1) is 0 Å². The lowest BCUT2D eigenvalue weighted by atomic mass is 10.2. The van der Waals surface area contributed by atoms with Gasteiger partial charge in [-0.3, -0.25) is 4.79 Å².